The van der Waals surface area contributed by atoms with E-state index in [4.69, 9.17) is 0 Å². The number of aliphatic imine (C=N–C) groups is 1. The molecule has 1 heterocycles. The summed E-state index contributed by atoms with van der Waals surface area (Å²) in [4.78, 5) is 19.4. The van der Waals surface area contributed by atoms with E-state index in [-0.39, 0.29) is 42.2 Å². The van der Waals surface area contributed by atoms with E-state index in [0.717, 1.165) is 18.5 Å². The Balaban J connectivity index is 0.00000242. The summed E-state index contributed by atoms with van der Waals surface area (Å²) in [6.07, 6.45) is 0.845. The lowest BCUT2D eigenvalue weighted by Gasteiger charge is -2.31. The molecule has 1 aliphatic heterocycles. The zero-order valence-corrected chi connectivity index (χ0v) is 15.4. The maximum absolute atomic E-state index is 13.3. The summed E-state index contributed by atoms with van der Waals surface area (Å²) < 4.78 is 13.3. The van der Waals surface area contributed by atoms with Crippen LogP contribution in [0.25, 0.3) is 0 Å². The van der Waals surface area contributed by atoms with Crippen LogP contribution in [0.1, 0.15) is 11.1 Å². The molecule has 1 aliphatic rings. The third kappa shape index (κ3) is 4.56. The van der Waals surface area contributed by atoms with E-state index in [0.29, 0.717) is 12.5 Å². The zero-order valence-electron chi connectivity index (χ0n) is 13.1. The van der Waals surface area contributed by atoms with E-state index in [1.165, 1.54) is 16.5 Å². The predicted octanol–water partition coefficient (Wildman–Crippen LogP) is 1.47. The molecule has 1 amide bonds. The van der Waals surface area contributed by atoms with E-state index >= 15 is 0 Å². The Hall–Kier alpha value is -1.38. The first kappa shape index (κ1) is 18.7. The number of carbonyl (C=O) groups is 1. The van der Waals surface area contributed by atoms with Crippen molar-refractivity contribution in [3.8, 4) is 0 Å². The van der Waals surface area contributed by atoms with Gasteiger partial charge in [-0.05, 0) is 29.7 Å². The van der Waals surface area contributed by atoms with Crippen molar-refractivity contribution in [2.75, 3.05) is 34.2 Å². The zero-order chi connectivity index (χ0) is 15.4. The van der Waals surface area contributed by atoms with Gasteiger partial charge in [0.15, 0.2) is 5.96 Å². The highest BCUT2D eigenvalue weighted by Crippen LogP contribution is 2.19. The number of fused-ring (bicyclic) bond motifs is 1. The summed E-state index contributed by atoms with van der Waals surface area (Å²) in [5.41, 5.74) is 2.15. The SMILES string of the molecule is CN=C(NCC(=O)N(C)C)N1CCc2ccc(F)cc2C1.I. The van der Waals surface area contributed by atoms with Crippen molar-refractivity contribution in [1.29, 1.82) is 0 Å². The van der Waals surface area contributed by atoms with Gasteiger partial charge >= 0.3 is 0 Å². The Kier molecular flexibility index (Phi) is 7.05. The molecule has 7 heteroatoms. The Morgan fingerprint density at radius 1 is 1.41 bits per heavy atom. The highest BCUT2D eigenvalue weighted by atomic mass is 127. The van der Waals surface area contributed by atoms with Gasteiger partial charge in [-0.25, -0.2) is 4.39 Å². The van der Waals surface area contributed by atoms with E-state index in [2.05, 4.69) is 10.3 Å². The van der Waals surface area contributed by atoms with E-state index < -0.39 is 0 Å². The topological polar surface area (TPSA) is 47.9 Å². The molecule has 0 unspecified atom stereocenters. The van der Waals surface area contributed by atoms with Crippen molar-refractivity contribution >= 4 is 35.8 Å². The second-order valence-corrected chi connectivity index (χ2v) is 5.27. The average Bonchev–Trinajstić information content (AvgIpc) is 2.47. The molecule has 0 spiro atoms. The number of hydrogen-bond donors (Lipinski definition) is 1. The molecule has 122 valence electrons. The second-order valence-electron chi connectivity index (χ2n) is 5.27. The molecule has 0 saturated heterocycles. The molecule has 0 bridgehead atoms. The summed E-state index contributed by atoms with van der Waals surface area (Å²) in [7, 11) is 5.11. The predicted molar refractivity (Wildman–Crippen MR) is 96.0 cm³/mol. The van der Waals surface area contributed by atoms with E-state index in [1.54, 1.807) is 27.2 Å². The molecule has 0 aliphatic carbocycles. The van der Waals surface area contributed by atoms with Crippen LogP contribution in [-0.2, 0) is 17.8 Å². The average molecular weight is 420 g/mol. The van der Waals surface area contributed by atoms with Crippen molar-refractivity contribution in [3.63, 3.8) is 0 Å². The van der Waals surface area contributed by atoms with Crippen molar-refractivity contribution in [3.05, 3.63) is 35.1 Å². The lowest BCUT2D eigenvalue weighted by molar-refractivity contribution is -0.127. The molecular formula is C15H22FIN4O. The summed E-state index contributed by atoms with van der Waals surface area (Å²) in [5.74, 6) is 0.432. The molecule has 1 aromatic rings. The number of guanidine groups is 1. The highest BCUT2D eigenvalue weighted by Gasteiger charge is 2.20. The Labute approximate surface area is 147 Å². The van der Waals surface area contributed by atoms with Crippen molar-refractivity contribution < 1.29 is 9.18 Å². The minimum absolute atomic E-state index is 0. The number of halogens is 2. The summed E-state index contributed by atoms with van der Waals surface area (Å²) in [6, 6.07) is 4.91. The van der Waals surface area contributed by atoms with Crippen LogP contribution in [0.3, 0.4) is 0 Å². The van der Waals surface area contributed by atoms with Crippen LogP contribution in [0.5, 0.6) is 0 Å². The van der Waals surface area contributed by atoms with Gasteiger partial charge in [-0.1, -0.05) is 6.07 Å². The first-order chi connectivity index (χ1) is 10.0. The molecule has 0 saturated carbocycles. The molecule has 1 aromatic carbocycles. The van der Waals surface area contributed by atoms with E-state index in [1.807, 2.05) is 11.0 Å². The second kappa shape index (κ2) is 8.30. The van der Waals surface area contributed by atoms with E-state index in [9.17, 15) is 9.18 Å². The minimum Gasteiger partial charge on any atom is -0.347 e. The summed E-state index contributed by atoms with van der Waals surface area (Å²) in [6.45, 7) is 1.60. The van der Waals surface area contributed by atoms with Gasteiger partial charge in [-0.15, -0.1) is 24.0 Å². The van der Waals surface area contributed by atoms with Gasteiger partial charge in [-0.3, -0.25) is 9.79 Å². The van der Waals surface area contributed by atoms with Crippen LogP contribution in [0, 0.1) is 5.82 Å². The van der Waals surface area contributed by atoms with Gasteiger partial charge in [-0.2, -0.15) is 0 Å². The van der Waals surface area contributed by atoms with Crippen LogP contribution in [0.4, 0.5) is 4.39 Å². The van der Waals surface area contributed by atoms with Crippen molar-refractivity contribution in [2.45, 2.75) is 13.0 Å². The smallest absolute Gasteiger partial charge is 0.241 e. The third-order valence-corrected chi connectivity index (χ3v) is 3.59. The summed E-state index contributed by atoms with van der Waals surface area (Å²) in [5, 5.41) is 3.06. The fraction of sp³-hybridized carbons (Fsp3) is 0.467. The van der Waals surface area contributed by atoms with Gasteiger partial charge in [0.2, 0.25) is 5.91 Å². The number of amides is 1. The molecule has 0 radical (unpaired) electrons. The van der Waals surface area contributed by atoms with Crippen LogP contribution in [0.2, 0.25) is 0 Å². The number of benzene rings is 1. The standard InChI is InChI=1S/C15H21FN4O.HI/c1-17-15(18-9-14(21)19(2)3)20-7-6-11-4-5-13(16)8-12(11)10-20;/h4-5,8H,6-7,9-10H2,1-3H3,(H,17,18);1H. The molecule has 5 nitrogen and oxygen atoms in total. The molecule has 0 atom stereocenters. The largest absolute Gasteiger partial charge is 0.347 e. The van der Waals surface area contributed by atoms with Crippen molar-refractivity contribution in [1.82, 2.24) is 15.1 Å². The number of nitrogens with one attached hydrogen (secondary N) is 1. The first-order valence-electron chi connectivity index (χ1n) is 6.94. The third-order valence-electron chi connectivity index (χ3n) is 3.59. The molecule has 2 rings (SSSR count). The quantitative estimate of drug-likeness (QED) is 0.448. The maximum atomic E-state index is 13.3. The maximum Gasteiger partial charge on any atom is 0.241 e. The lowest BCUT2D eigenvalue weighted by Crippen LogP contribution is -2.47. The van der Waals surface area contributed by atoms with Gasteiger partial charge in [0.1, 0.15) is 5.82 Å². The Bertz CT molecular complexity index is 562. The summed E-state index contributed by atoms with van der Waals surface area (Å²) >= 11 is 0. The van der Waals surface area contributed by atoms with Gasteiger partial charge < -0.3 is 15.1 Å². The van der Waals surface area contributed by atoms with Gasteiger partial charge in [0.25, 0.3) is 0 Å². The van der Waals surface area contributed by atoms with Crippen LogP contribution in [0.15, 0.2) is 23.2 Å². The van der Waals surface area contributed by atoms with Gasteiger partial charge in [0.05, 0.1) is 6.54 Å². The normalized spacial score (nSPS) is 14.0. The highest BCUT2D eigenvalue weighted by molar-refractivity contribution is 14.0. The number of carbonyl (C=O) groups excluding carboxylic acids is 1. The molecule has 1 N–H and O–H groups in total. The Morgan fingerprint density at radius 2 is 2.14 bits per heavy atom. The first-order valence-corrected chi connectivity index (χ1v) is 6.94. The Morgan fingerprint density at radius 3 is 2.77 bits per heavy atom. The molecular weight excluding hydrogens is 398 g/mol. The van der Waals surface area contributed by atoms with Crippen LogP contribution < -0.4 is 5.32 Å². The number of nitrogens with zero attached hydrogens (tertiary/aromatic N) is 3. The fourth-order valence-electron chi connectivity index (χ4n) is 2.35. The molecule has 0 fully saturated rings. The van der Waals surface area contributed by atoms with Gasteiger partial charge in [0, 0.05) is 34.2 Å². The fourth-order valence-corrected chi connectivity index (χ4v) is 2.35. The minimum atomic E-state index is -0.221. The number of hydrogen-bond acceptors (Lipinski definition) is 2. The number of likely N-dealkylation sites (N-methyl/N-ethyl adjacent to an activating group) is 1. The number of rotatable bonds is 2. The molecule has 22 heavy (non-hydrogen) atoms. The lowest BCUT2D eigenvalue weighted by atomic mass is 10.00. The van der Waals surface area contributed by atoms with Crippen LogP contribution in [-0.4, -0.2) is 55.9 Å². The van der Waals surface area contributed by atoms with Crippen molar-refractivity contribution in [2.24, 2.45) is 4.99 Å². The monoisotopic (exact) mass is 420 g/mol. The van der Waals surface area contributed by atoms with Crippen LogP contribution >= 0.6 is 24.0 Å². The molecule has 0 aromatic heterocycles.